The monoisotopic (exact) mass is 467 g/mol. The standard InChI is InChI=1S/C26H22FN7O/c1-16-9-10-19(31-25(35)18-6-4-5-17(11-18)14-27)12-21(16)33-26-32-20-7-2-3-8-22(20)34(26)24-13-23(28)29-15-30-24/h2-13,15H,14H2,1H3,(H,31,35)(H,32,33)(H2,28,29,30). The molecule has 0 aliphatic heterocycles. The van der Waals surface area contributed by atoms with E-state index in [9.17, 15) is 9.18 Å². The number of fused-ring (bicyclic) bond motifs is 1. The van der Waals surface area contributed by atoms with E-state index in [1.54, 1.807) is 30.3 Å². The van der Waals surface area contributed by atoms with E-state index in [4.69, 9.17) is 10.7 Å². The number of carbonyl (C=O) groups is 1. The van der Waals surface area contributed by atoms with Gasteiger partial charge >= 0.3 is 0 Å². The van der Waals surface area contributed by atoms with Crippen molar-refractivity contribution < 1.29 is 9.18 Å². The molecule has 0 spiro atoms. The number of nitrogens with zero attached hydrogens (tertiary/aromatic N) is 4. The Morgan fingerprint density at radius 1 is 1.03 bits per heavy atom. The van der Waals surface area contributed by atoms with Crippen LogP contribution in [-0.4, -0.2) is 25.4 Å². The van der Waals surface area contributed by atoms with E-state index < -0.39 is 6.67 Å². The Hall–Kier alpha value is -4.79. The zero-order chi connectivity index (χ0) is 24.4. The highest BCUT2D eigenvalue weighted by Crippen LogP contribution is 2.29. The molecule has 2 aromatic heterocycles. The summed E-state index contributed by atoms with van der Waals surface area (Å²) in [7, 11) is 0. The van der Waals surface area contributed by atoms with Gasteiger partial charge in [-0.1, -0.05) is 30.3 Å². The number of nitrogen functional groups attached to an aromatic ring is 1. The smallest absolute Gasteiger partial charge is 0.255 e. The van der Waals surface area contributed by atoms with Crippen LogP contribution in [0.5, 0.6) is 0 Å². The summed E-state index contributed by atoms with van der Waals surface area (Å²) < 4.78 is 14.9. The van der Waals surface area contributed by atoms with E-state index in [2.05, 4.69) is 20.6 Å². The van der Waals surface area contributed by atoms with Crippen molar-refractivity contribution in [2.24, 2.45) is 0 Å². The van der Waals surface area contributed by atoms with Crippen LogP contribution in [0.3, 0.4) is 0 Å². The number of imidazole rings is 1. The SMILES string of the molecule is Cc1ccc(NC(=O)c2cccc(CF)c2)cc1Nc1nc2ccccc2n1-c1cc(N)ncn1. The van der Waals surface area contributed by atoms with Gasteiger partial charge in [-0.3, -0.25) is 9.36 Å². The van der Waals surface area contributed by atoms with Crippen molar-refractivity contribution in [2.45, 2.75) is 13.6 Å². The van der Waals surface area contributed by atoms with Gasteiger partial charge in [-0.2, -0.15) is 0 Å². The Balaban J connectivity index is 1.49. The molecule has 9 heteroatoms. The molecule has 174 valence electrons. The number of nitrogens with two attached hydrogens (primary N) is 1. The fourth-order valence-corrected chi connectivity index (χ4v) is 3.78. The number of para-hydroxylation sites is 2. The number of aryl methyl sites for hydroxylation is 1. The molecule has 3 aromatic carbocycles. The van der Waals surface area contributed by atoms with Gasteiger partial charge in [-0.25, -0.2) is 19.3 Å². The number of hydrogen-bond acceptors (Lipinski definition) is 6. The van der Waals surface area contributed by atoms with E-state index in [0.717, 1.165) is 22.3 Å². The van der Waals surface area contributed by atoms with Gasteiger partial charge in [0.1, 0.15) is 24.6 Å². The summed E-state index contributed by atoms with van der Waals surface area (Å²) in [4.78, 5) is 25.8. The third kappa shape index (κ3) is 4.51. The zero-order valence-corrected chi connectivity index (χ0v) is 18.9. The van der Waals surface area contributed by atoms with Gasteiger partial charge in [-0.15, -0.1) is 0 Å². The minimum Gasteiger partial charge on any atom is -0.384 e. The maximum atomic E-state index is 13.0. The van der Waals surface area contributed by atoms with E-state index >= 15 is 0 Å². The van der Waals surface area contributed by atoms with Crippen molar-refractivity contribution in [1.29, 1.82) is 0 Å². The molecule has 0 saturated heterocycles. The van der Waals surface area contributed by atoms with Gasteiger partial charge in [0.15, 0.2) is 0 Å². The van der Waals surface area contributed by atoms with Crippen LogP contribution >= 0.6 is 0 Å². The number of benzene rings is 3. The van der Waals surface area contributed by atoms with Gasteiger partial charge in [0.2, 0.25) is 5.95 Å². The molecule has 0 bridgehead atoms. The van der Waals surface area contributed by atoms with Gasteiger partial charge in [0.05, 0.1) is 11.0 Å². The lowest BCUT2D eigenvalue weighted by Crippen LogP contribution is -2.12. The topological polar surface area (TPSA) is 111 Å². The normalized spacial score (nSPS) is 10.9. The Morgan fingerprint density at radius 2 is 1.89 bits per heavy atom. The Bertz CT molecular complexity index is 1550. The summed E-state index contributed by atoms with van der Waals surface area (Å²) in [6, 6.07) is 21.4. The molecular formula is C26H22FN7O. The van der Waals surface area contributed by atoms with E-state index in [0.29, 0.717) is 34.4 Å². The summed E-state index contributed by atoms with van der Waals surface area (Å²) in [6.45, 7) is 1.33. The highest BCUT2D eigenvalue weighted by molar-refractivity contribution is 6.04. The third-order valence-corrected chi connectivity index (χ3v) is 5.55. The number of halogens is 1. The van der Waals surface area contributed by atoms with Crippen LogP contribution in [0.15, 0.2) is 79.1 Å². The van der Waals surface area contributed by atoms with Crippen molar-refractivity contribution >= 4 is 40.1 Å². The molecule has 0 radical (unpaired) electrons. The van der Waals surface area contributed by atoms with Crippen molar-refractivity contribution in [3.63, 3.8) is 0 Å². The molecule has 0 aliphatic rings. The van der Waals surface area contributed by atoms with Crippen molar-refractivity contribution in [1.82, 2.24) is 19.5 Å². The largest absolute Gasteiger partial charge is 0.384 e. The number of rotatable bonds is 6. The van der Waals surface area contributed by atoms with E-state index in [1.807, 2.05) is 54.0 Å². The molecule has 8 nitrogen and oxygen atoms in total. The van der Waals surface area contributed by atoms with Gasteiger partial charge < -0.3 is 16.4 Å². The molecule has 0 saturated carbocycles. The average Bonchev–Trinajstić information content (AvgIpc) is 3.24. The number of amides is 1. The number of nitrogens with one attached hydrogen (secondary N) is 2. The minimum absolute atomic E-state index is 0.321. The second-order valence-electron chi connectivity index (χ2n) is 8.00. The molecule has 2 heterocycles. The molecule has 5 aromatic rings. The Labute approximate surface area is 200 Å². The number of hydrogen-bond donors (Lipinski definition) is 3. The Kier molecular flexibility index (Phi) is 5.80. The molecule has 1 amide bonds. The lowest BCUT2D eigenvalue weighted by molar-refractivity contribution is 0.102. The van der Waals surface area contributed by atoms with Crippen LogP contribution in [-0.2, 0) is 6.67 Å². The van der Waals surface area contributed by atoms with Crippen LogP contribution in [0, 0.1) is 6.92 Å². The lowest BCUT2D eigenvalue weighted by atomic mass is 10.1. The summed E-state index contributed by atoms with van der Waals surface area (Å²) in [6.07, 6.45) is 1.41. The van der Waals surface area contributed by atoms with Crippen molar-refractivity contribution in [3.8, 4) is 5.82 Å². The first kappa shape index (κ1) is 22.0. The summed E-state index contributed by atoms with van der Waals surface area (Å²) in [5.41, 5.74) is 10.7. The van der Waals surface area contributed by atoms with Crippen molar-refractivity contribution in [2.75, 3.05) is 16.4 Å². The molecule has 0 fully saturated rings. The summed E-state index contributed by atoms with van der Waals surface area (Å²) >= 11 is 0. The van der Waals surface area contributed by atoms with Crippen LogP contribution in [0.25, 0.3) is 16.9 Å². The summed E-state index contributed by atoms with van der Waals surface area (Å²) in [5, 5.41) is 6.25. The van der Waals surface area contributed by atoms with Crippen LogP contribution < -0.4 is 16.4 Å². The number of carbonyl (C=O) groups excluding carboxylic acids is 1. The molecular weight excluding hydrogens is 445 g/mol. The molecule has 35 heavy (non-hydrogen) atoms. The highest BCUT2D eigenvalue weighted by Gasteiger charge is 2.15. The number of aromatic nitrogens is 4. The zero-order valence-electron chi connectivity index (χ0n) is 18.9. The maximum Gasteiger partial charge on any atom is 0.255 e. The van der Waals surface area contributed by atoms with Crippen LogP contribution in [0.2, 0.25) is 0 Å². The predicted molar refractivity (Wildman–Crippen MR) is 135 cm³/mol. The Morgan fingerprint density at radius 3 is 2.71 bits per heavy atom. The quantitative estimate of drug-likeness (QED) is 0.318. The first-order valence-electron chi connectivity index (χ1n) is 10.9. The second kappa shape index (κ2) is 9.22. The number of anilines is 4. The predicted octanol–water partition coefficient (Wildman–Crippen LogP) is 5.17. The van der Waals surface area contributed by atoms with Crippen LogP contribution in [0.1, 0.15) is 21.5 Å². The maximum absolute atomic E-state index is 13.0. The second-order valence-corrected chi connectivity index (χ2v) is 8.00. The van der Waals surface area contributed by atoms with E-state index in [1.165, 1.54) is 6.33 Å². The van der Waals surface area contributed by atoms with Gasteiger partial charge in [0, 0.05) is 23.0 Å². The van der Waals surface area contributed by atoms with Crippen molar-refractivity contribution in [3.05, 3.63) is 95.8 Å². The molecule has 5 rings (SSSR count). The lowest BCUT2D eigenvalue weighted by Gasteiger charge is -2.14. The van der Waals surface area contributed by atoms with Crippen LogP contribution in [0.4, 0.5) is 27.5 Å². The first-order chi connectivity index (χ1) is 17.0. The molecule has 4 N–H and O–H groups in total. The molecule has 0 atom stereocenters. The number of alkyl halides is 1. The van der Waals surface area contributed by atoms with Gasteiger partial charge in [-0.05, 0) is 54.4 Å². The molecule has 0 unspecified atom stereocenters. The molecule has 0 aliphatic carbocycles. The van der Waals surface area contributed by atoms with Gasteiger partial charge in [0.25, 0.3) is 5.91 Å². The fraction of sp³-hybridized carbons (Fsp3) is 0.0769. The fourth-order valence-electron chi connectivity index (χ4n) is 3.78. The minimum atomic E-state index is -0.626. The summed E-state index contributed by atoms with van der Waals surface area (Å²) in [5.74, 6) is 1.13. The highest BCUT2D eigenvalue weighted by atomic mass is 19.1. The third-order valence-electron chi connectivity index (χ3n) is 5.55. The van der Waals surface area contributed by atoms with E-state index in [-0.39, 0.29) is 5.91 Å². The first-order valence-corrected chi connectivity index (χ1v) is 10.9. The average molecular weight is 468 g/mol.